The topological polar surface area (TPSA) is 47.1 Å². The molecule has 2 aromatic heterocycles. The first-order valence-electron chi connectivity index (χ1n) is 8.60. The van der Waals surface area contributed by atoms with Crippen molar-refractivity contribution < 1.29 is 4.42 Å². The van der Waals surface area contributed by atoms with E-state index in [1.807, 2.05) is 12.4 Å². The van der Waals surface area contributed by atoms with E-state index in [9.17, 15) is 0 Å². The Kier molecular flexibility index (Phi) is 4.57. The summed E-state index contributed by atoms with van der Waals surface area (Å²) in [6.45, 7) is 11.4. The van der Waals surface area contributed by atoms with Crippen molar-refractivity contribution in [3.63, 3.8) is 0 Å². The Balaban J connectivity index is 1.67. The Hall–Kier alpha value is -1.62. The molecule has 5 nitrogen and oxygen atoms in total. The molecule has 0 radical (unpaired) electrons. The maximum atomic E-state index is 5.98. The molecule has 0 bridgehead atoms. The second kappa shape index (κ2) is 6.48. The van der Waals surface area contributed by atoms with Gasteiger partial charge in [-0.15, -0.1) is 0 Å². The van der Waals surface area contributed by atoms with Gasteiger partial charge in [-0.2, -0.15) is 5.10 Å². The summed E-state index contributed by atoms with van der Waals surface area (Å²) in [5.41, 5.74) is 1.23. The highest BCUT2D eigenvalue weighted by Crippen LogP contribution is 2.25. The standard InChI is InChI=1S/C18H28N4O/c1-14-9-20-22(11-14)12-15-7-5-6-8-21(15)13-17-19-10-16(23-17)18(2,3)4/h9-11,15H,5-8,12-13H2,1-4H3/t15-/m1/s1. The van der Waals surface area contributed by atoms with Gasteiger partial charge in [0.15, 0.2) is 0 Å². The number of rotatable bonds is 4. The van der Waals surface area contributed by atoms with Gasteiger partial charge in [-0.25, -0.2) is 4.98 Å². The molecule has 0 amide bonds. The first kappa shape index (κ1) is 16.2. The lowest BCUT2D eigenvalue weighted by Gasteiger charge is -2.34. The van der Waals surface area contributed by atoms with Gasteiger partial charge in [0.2, 0.25) is 5.89 Å². The number of likely N-dealkylation sites (tertiary alicyclic amines) is 1. The smallest absolute Gasteiger partial charge is 0.208 e. The third kappa shape index (κ3) is 4.02. The van der Waals surface area contributed by atoms with Gasteiger partial charge in [0.25, 0.3) is 0 Å². The number of oxazole rings is 1. The molecule has 1 fully saturated rings. The Labute approximate surface area is 138 Å². The van der Waals surface area contributed by atoms with Crippen LogP contribution in [0.25, 0.3) is 0 Å². The molecule has 1 aliphatic rings. The van der Waals surface area contributed by atoms with Crippen LogP contribution in [0.4, 0.5) is 0 Å². The van der Waals surface area contributed by atoms with Crippen molar-refractivity contribution in [2.75, 3.05) is 6.54 Å². The highest BCUT2D eigenvalue weighted by atomic mass is 16.4. The van der Waals surface area contributed by atoms with Crippen molar-refractivity contribution in [1.29, 1.82) is 0 Å². The second-order valence-corrected chi connectivity index (χ2v) is 7.73. The van der Waals surface area contributed by atoms with E-state index in [0.717, 1.165) is 31.3 Å². The highest BCUT2D eigenvalue weighted by molar-refractivity contribution is 5.06. The predicted molar refractivity (Wildman–Crippen MR) is 90.2 cm³/mol. The van der Waals surface area contributed by atoms with Gasteiger partial charge in [-0.1, -0.05) is 27.2 Å². The first-order chi connectivity index (χ1) is 10.9. The number of hydrogen-bond acceptors (Lipinski definition) is 4. The predicted octanol–water partition coefficient (Wildman–Crippen LogP) is 3.53. The van der Waals surface area contributed by atoms with Gasteiger partial charge in [-0.05, 0) is 31.9 Å². The zero-order valence-corrected chi connectivity index (χ0v) is 14.7. The minimum atomic E-state index is 0.0130. The van der Waals surface area contributed by atoms with Gasteiger partial charge < -0.3 is 4.42 Å². The number of nitrogens with zero attached hydrogens (tertiary/aromatic N) is 4. The summed E-state index contributed by atoms with van der Waals surface area (Å²) in [6.07, 6.45) is 9.69. The molecule has 3 rings (SSSR count). The number of hydrogen-bond donors (Lipinski definition) is 0. The van der Waals surface area contributed by atoms with Crippen LogP contribution in [0.3, 0.4) is 0 Å². The molecule has 0 aliphatic carbocycles. The summed E-state index contributed by atoms with van der Waals surface area (Å²) in [6, 6.07) is 0.507. The molecule has 0 aromatic carbocycles. The molecule has 0 spiro atoms. The summed E-state index contributed by atoms with van der Waals surface area (Å²) in [4.78, 5) is 6.99. The fraction of sp³-hybridized carbons (Fsp3) is 0.667. The lowest BCUT2D eigenvalue weighted by atomic mass is 9.94. The van der Waals surface area contributed by atoms with Crippen LogP contribution in [-0.4, -0.2) is 32.3 Å². The average molecular weight is 316 g/mol. The van der Waals surface area contributed by atoms with Crippen LogP contribution in [0.15, 0.2) is 23.0 Å². The Morgan fingerprint density at radius 1 is 1.26 bits per heavy atom. The van der Waals surface area contributed by atoms with Crippen LogP contribution < -0.4 is 0 Å². The summed E-state index contributed by atoms with van der Waals surface area (Å²) in [5, 5.41) is 4.44. The number of aryl methyl sites for hydroxylation is 1. The van der Waals surface area contributed by atoms with Crippen molar-refractivity contribution in [3.05, 3.63) is 35.8 Å². The van der Waals surface area contributed by atoms with Crippen molar-refractivity contribution in [2.45, 2.75) is 71.5 Å². The zero-order valence-electron chi connectivity index (χ0n) is 14.7. The molecule has 5 heteroatoms. The van der Waals surface area contributed by atoms with Gasteiger partial charge in [-0.3, -0.25) is 9.58 Å². The maximum Gasteiger partial charge on any atom is 0.208 e. The molecule has 23 heavy (non-hydrogen) atoms. The lowest BCUT2D eigenvalue weighted by Crippen LogP contribution is -2.41. The van der Waals surface area contributed by atoms with Crippen molar-refractivity contribution in [1.82, 2.24) is 19.7 Å². The summed E-state index contributed by atoms with van der Waals surface area (Å²) in [5.74, 6) is 1.79. The molecular formula is C18H28N4O. The van der Waals surface area contributed by atoms with Crippen LogP contribution >= 0.6 is 0 Å². The van der Waals surface area contributed by atoms with Crippen molar-refractivity contribution in [3.8, 4) is 0 Å². The van der Waals surface area contributed by atoms with Crippen LogP contribution in [0.5, 0.6) is 0 Å². The zero-order chi connectivity index (χ0) is 16.4. The molecule has 1 aliphatic heterocycles. The fourth-order valence-electron chi connectivity index (χ4n) is 3.16. The molecule has 126 valence electrons. The van der Waals surface area contributed by atoms with Crippen molar-refractivity contribution in [2.24, 2.45) is 0 Å². The summed E-state index contributed by atoms with van der Waals surface area (Å²) in [7, 11) is 0. The lowest BCUT2D eigenvalue weighted by molar-refractivity contribution is 0.110. The average Bonchev–Trinajstić information content (AvgIpc) is 3.10. The molecule has 1 saturated heterocycles. The van der Waals surface area contributed by atoms with E-state index in [2.05, 4.69) is 53.6 Å². The van der Waals surface area contributed by atoms with E-state index in [1.165, 1.54) is 24.8 Å². The second-order valence-electron chi connectivity index (χ2n) is 7.73. The molecule has 0 saturated carbocycles. The number of piperidine rings is 1. The molecule has 1 atom stereocenters. The van der Waals surface area contributed by atoms with Gasteiger partial charge in [0.1, 0.15) is 5.76 Å². The molecule has 3 heterocycles. The highest BCUT2D eigenvalue weighted by Gasteiger charge is 2.26. The van der Waals surface area contributed by atoms with Gasteiger partial charge in [0, 0.05) is 17.7 Å². The van der Waals surface area contributed by atoms with E-state index in [-0.39, 0.29) is 5.41 Å². The third-order valence-electron chi connectivity index (χ3n) is 4.54. The van der Waals surface area contributed by atoms with Crippen molar-refractivity contribution >= 4 is 0 Å². The first-order valence-corrected chi connectivity index (χ1v) is 8.60. The van der Waals surface area contributed by atoms with E-state index >= 15 is 0 Å². The van der Waals surface area contributed by atoms with Crippen LogP contribution in [0, 0.1) is 6.92 Å². The largest absolute Gasteiger partial charge is 0.444 e. The third-order valence-corrected chi connectivity index (χ3v) is 4.54. The molecule has 0 N–H and O–H groups in total. The Morgan fingerprint density at radius 3 is 2.74 bits per heavy atom. The van der Waals surface area contributed by atoms with Gasteiger partial charge in [0.05, 0.1) is 25.5 Å². The quantitative estimate of drug-likeness (QED) is 0.865. The Morgan fingerprint density at radius 2 is 2.09 bits per heavy atom. The molecule has 2 aromatic rings. The minimum absolute atomic E-state index is 0.0130. The van der Waals surface area contributed by atoms with E-state index in [0.29, 0.717) is 6.04 Å². The van der Waals surface area contributed by atoms with E-state index in [4.69, 9.17) is 4.42 Å². The van der Waals surface area contributed by atoms with Crippen LogP contribution in [0.2, 0.25) is 0 Å². The molecule has 0 unspecified atom stereocenters. The minimum Gasteiger partial charge on any atom is -0.444 e. The van der Waals surface area contributed by atoms with E-state index < -0.39 is 0 Å². The normalized spacial score (nSPS) is 20.1. The SMILES string of the molecule is Cc1cnn(C[C@H]2CCCCN2Cc2ncc(C(C)(C)C)o2)c1. The monoisotopic (exact) mass is 316 g/mol. The Bertz CT molecular complexity index is 637. The van der Waals surface area contributed by atoms with Gasteiger partial charge >= 0.3 is 0 Å². The molecular weight excluding hydrogens is 288 g/mol. The van der Waals surface area contributed by atoms with E-state index in [1.54, 1.807) is 0 Å². The maximum absolute atomic E-state index is 5.98. The fourth-order valence-corrected chi connectivity index (χ4v) is 3.16. The summed E-state index contributed by atoms with van der Waals surface area (Å²) < 4.78 is 8.04. The number of aromatic nitrogens is 3. The van der Waals surface area contributed by atoms with Crippen LogP contribution in [0.1, 0.15) is 57.2 Å². The van der Waals surface area contributed by atoms with Crippen LogP contribution in [-0.2, 0) is 18.5 Å². The summed E-state index contributed by atoms with van der Waals surface area (Å²) >= 11 is 0.